The van der Waals surface area contributed by atoms with Crippen molar-refractivity contribution in [2.45, 2.75) is 6.54 Å². The molecule has 1 aliphatic heterocycles. The molecule has 0 aromatic heterocycles. The standard InChI is InChI=1S/C22H19NO3/c1-23(22(24)19-8-5-9-20-21(19)26-15-25-20)14-16-10-12-18(13-11-16)17-6-3-2-4-7-17/h2-13H,14-15H2,1H3. The molecule has 4 heteroatoms. The van der Waals surface area contributed by atoms with Crippen molar-refractivity contribution in [2.24, 2.45) is 0 Å². The van der Waals surface area contributed by atoms with Gasteiger partial charge in [-0.2, -0.15) is 0 Å². The van der Waals surface area contributed by atoms with Crippen LogP contribution in [0, 0.1) is 0 Å². The van der Waals surface area contributed by atoms with Crippen LogP contribution in [0.15, 0.2) is 72.8 Å². The Hall–Kier alpha value is -3.27. The van der Waals surface area contributed by atoms with Crippen LogP contribution in [0.25, 0.3) is 11.1 Å². The third kappa shape index (κ3) is 3.14. The SMILES string of the molecule is CN(Cc1ccc(-c2ccccc2)cc1)C(=O)c1cccc2c1OCO2. The van der Waals surface area contributed by atoms with Crippen LogP contribution < -0.4 is 9.47 Å². The fourth-order valence-corrected chi connectivity index (χ4v) is 3.08. The highest BCUT2D eigenvalue weighted by molar-refractivity contribution is 5.97. The van der Waals surface area contributed by atoms with E-state index in [0.717, 1.165) is 11.1 Å². The molecule has 4 nitrogen and oxygen atoms in total. The molecule has 0 bridgehead atoms. The first-order chi connectivity index (χ1) is 12.7. The van der Waals surface area contributed by atoms with Crippen LogP contribution in [0.2, 0.25) is 0 Å². The summed E-state index contributed by atoms with van der Waals surface area (Å²) in [6, 6.07) is 23.9. The Bertz CT molecular complexity index is 920. The smallest absolute Gasteiger partial charge is 0.257 e. The molecule has 26 heavy (non-hydrogen) atoms. The summed E-state index contributed by atoms with van der Waals surface area (Å²) in [5.41, 5.74) is 3.95. The van der Waals surface area contributed by atoms with Gasteiger partial charge < -0.3 is 14.4 Å². The molecule has 1 aliphatic rings. The molecular formula is C22H19NO3. The molecule has 4 rings (SSSR count). The third-order valence-corrected chi connectivity index (χ3v) is 4.45. The summed E-state index contributed by atoms with van der Waals surface area (Å²) < 4.78 is 10.8. The van der Waals surface area contributed by atoms with Crippen LogP contribution in [0.3, 0.4) is 0 Å². The highest BCUT2D eigenvalue weighted by Crippen LogP contribution is 2.35. The van der Waals surface area contributed by atoms with Crippen molar-refractivity contribution in [2.75, 3.05) is 13.8 Å². The maximum Gasteiger partial charge on any atom is 0.257 e. The number of rotatable bonds is 4. The number of ether oxygens (including phenoxy) is 2. The number of amides is 1. The molecule has 0 spiro atoms. The lowest BCUT2D eigenvalue weighted by atomic mass is 10.0. The second-order valence-electron chi connectivity index (χ2n) is 6.26. The van der Waals surface area contributed by atoms with Crippen LogP contribution in [0.5, 0.6) is 11.5 Å². The Morgan fingerprint density at radius 2 is 1.62 bits per heavy atom. The molecular weight excluding hydrogens is 326 g/mol. The first kappa shape index (κ1) is 16.2. The van der Waals surface area contributed by atoms with Crippen LogP contribution in [0.4, 0.5) is 0 Å². The van der Waals surface area contributed by atoms with E-state index in [1.807, 2.05) is 24.3 Å². The molecule has 0 radical (unpaired) electrons. The Balaban J connectivity index is 1.49. The molecule has 130 valence electrons. The molecule has 3 aromatic rings. The summed E-state index contributed by atoms with van der Waals surface area (Å²) in [4.78, 5) is 14.5. The van der Waals surface area contributed by atoms with Crippen molar-refractivity contribution < 1.29 is 14.3 Å². The Morgan fingerprint density at radius 1 is 0.885 bits per heavy atom. The van der Waals surface area contributed by atoms with Gasteiger partial charge in [-0.15, -0.1) is 0 Å². The van der Waals surface area contributed by atoms with E-state index in [0.29, 0.717) is 23.6 Å². The summed E-state index contributed by atoms with van der Waals surface area (Å²) >= 11 is 0. The van der Waals surface area contributed by atoms with Crippen molar-refractivity contribution >= 4 is 5.91 Å². The maximum atomic E-state index is 12.8. The zero-order valence-electron chi connectivity index (χ0n) is 14.5. The van der Waals surface area contributed by atoms with Crippen molar-refractivity contribution in [3.8, 4) is 22.6 Å². The van der Waals surface area contributed by atoms with E-state index in [4.69, 9.17) is 9.47 Å². The first-order valence-electron chi connectivity index (χ1n) is 8.51. The highest BCUT2D eigenvalue weighted by atomic mass is 16.7. The maximum absolute atomic E-state index is 12.8. The largest absolute Gasteiger partial charge is 0.454 e. The van der Waals surface area contributed by atoms with E-state index in [9.17, 15) is 4.79 Å². The Kier molecular flexibility index (Phi) is 4.32. The van der Waals surface area contributed by atoms with Crippen LogP contribution in [-0.4, -0.2) is 24.6 Å². The lowest BCUT2D eigenvalue weighted by Gasteiger charge is -2.18. The van der Waals surface area contributed by atoms with Gasteiger partial charge in [-0.25, -0.2) is 0 Å². The van der Waals surface area contributed by atoms with E-state index in [1.54, 1.807) is 24.1 Å². The molecule has 1 heterocycles. The zero-order chi connectivity index (χ0) is 17.9. The van der Waals surface area contributed by atoms with Gasteiger partial charge in [0, 0.05) is 13.6 Å². The molecule has 0 saturated carbocycles. The topological polar surface area (TPSA) is 38.8 Å². The molecule has 3 aromatic carbocycles. The number of hydrogen-bond donors (Lipinski definition) is 0. The Morgan fingerprint density at radius 3 is 2.38 bits per heavy atom. The number of para-hydroxylation sites is 1. The number of fused-ring (bicyclic) bond motifs is 1. The first-order valence-corrected chi connectivity index (χ1v) is 8.51. The minimum atomic E-state index is -0.0838. The number of nitrogens with zero attached hydrogens (tertiary/aromatic N) is 1. The number of hydrogen-bond acceptors (Lipinski definition) is 3. The second kappa shape index (κ2) is 6.92. The van der Waals surface area contributed by atoms with Crippen molar-refractivity contribution in [1.29, 1.82) is 0 Å². The van der Waals surface area contributed by atoms with E-state index >= 15 is 0 Å². The lowest BCUT2D eigenvalue weighted by Crippen LogP contribution is -2.26. The molecule has 0 unspecified atom stereocenters. The van der Waals surface area contributed by atoms with Crippen LogP contribution in [0.1, 0.15) is 15.9 Å². The molecule has 0 N–H and O–H groups in total. The number of benzene rings is 3. The van der Waals surface area contributed by atoms with Gasteiger partial charge in [-0.1, -0.05) is 60.7 Å². The number of carbonyl (C=O) groups excluding carboxylic acids is 1. The van der Waals surface area contributed by atoms with Gasteiger partial charge in [-0.3, -0.25) is 4.79 Å². The van der Waals surface area contributed by atoms with Crippen LogP contribution in [-0.2, 0) is 6.54 Å². The van der Waals surface area contributed by atoms with E-state index in [2.05, 4.69) is 36.4 Å². The van der Waals surface area contributed by atoms with Gasteiger partial charge in [0.15, 0.2) is 11.5 Å². The fraction of sp³-hybridized carbons (Fsp3) is 0.136. The summed E-state index contributed by atoms with van der Waals surface area (Å²) in [5, 5.41) is 0. The summed E-state index contributed by atoms with van der Waals surface area (Å²) in [7, 11) is 1.79. The van der Waals surface area contributed by atoms with Gasteiger partial charge in [-0.05, 0) is 28.8 Å². The predicted octanol–water partition coefficient (Wildman–Crippen LogP) is 4.35. The third-order valence-electron chi connectivity index (χ3n) is 4.45. The quantitative estimate of drug-likeness (QED) is 0.705. The summed E-state index contributed by atoms with van der Waals surface area (Å²) in [6.07, 6.45) is 0. The molecule has 0 atom stereocenters. The monoisotopic (exact) mass is 345 g/mol. The minimum absolute atomic E-state index is 0.0838. The van der Waals surface area contributed by atoms with Crippen molar-refractivity contribution in [3.05, 3.63) is 83.9 Å². The average molecular weight is 345 g/mol. The zero-order valence-corrected chi connectivity index (χ0v) is 14.5. The normalized spacial score (nSPS) is 12.0. The fourth-order valence-electron chi connectivity index (χ4n) is 3.08. The second-order valence-corrected chi connectivity index (χ2v) is 6.26. The molecule has 1 amide bonds. The number of carbonyl (C=O) groups is 1. The minimum Gasteiger partial charge on any atom is -0.454 e. The van der Waals surface area contributed by atoms with E-state index in [1.165, 1.54) is 5.56 Å². The van der Waals surface area contributed by atoms with Crippen molar-refractivity contribution in [1.82, 2.24) is 4.90 Å². The van der Waals surface area contributed by atoms with E-state index in [-0.39, 0.29) is 12.7 Å². The predicted molar refractivity (Wildman–Crippen MR) is 100 cm³/mol. The average Bonchev–Trinajstić information content (AvgIpc) is 3.17. The lowest BCUT2D eigenvalue weighted by molar-refractivity contribution is 0.0780. The molecule has 0 aliphatic carbocycles. The van der Waals surface area contributed by atoms with Gasteiger partial charge in [0.1, 0.15) is 0 Å². The van der Waals surface area contributed by atoms with E-state index < -0.39 is 0 Å². The highest BCUT2D eigenvalue weighted by Gasteiger charge is 2.23. The summed E-state index contributed by atoms with van der Waals surface area (Å²) in [6.45, 7) is 0.683. The molecule has 0 saturated heterocycles. The Labute approximate surface area is 152 Å². The molecule has 0 fully saturated rings. The van der Waals surface area contributed by atoms with Crippen molar-refractivity contribution in [3.63, 3.8) is 0 Å². The van der Waals surface area contributed by atoms with Gasteiger partial charge in [0.05, 0.1) is 5.56 Å². The van der Waals surface area contributed by atoms with Gasteiger partial charge >= 0.3 is 0 Å². The summed E-state index contributed by atoms with van der Waals surface area (Å²) in [5.74, 6) is 1.07. The van der Waals surface area contributed by atoms with Gasteiger partial charge in [0.25, 0.3) is 5.91 Å². The van der Waals surface area contributed by atoms with Gasteiger partial charge in [0.2, 0.25) is 6.79 Å². The van der Waals surface area contributed by atoms with Crippen LogP contribution >= 0.6 is 0 Å².